The maximum absolute atomic E-state index is 5.75. The smallest absolute Gasteiger partial charge is 0.161 e. The lowest BCUT2D eigenvalue weighted by atomic mass is 9.88. The van der Waals surface area contributed by atoms with Gasteiger partial charge in [-0.25, -0.2) is 0 Å². The van der Waals surface area contributed by atoms with Crippen molar-refractivity contribution >= 4 is 17.2 Å². The van der Waals surface area contributed by atoms with Crippen LogP contribution >= 0.6 is 12.2 Å². The Labute approximate surface area is 121 Å². The van der Waals surface area contributed by atoms with E-state index in [1.54, 1.807) is 7.11 Å². The van der Waals surface area contributed by atoms with Crippen LogP contribution in [0, 0.1) is 12.3 Å². The third kappa shape index (κ3) is 4.71. The van der Waals surface area contributed by atoms with Crippen LogP contribution in [0.3, 0.4) is 0 Å². The molecule has 0 aliphatic rings. The minimum Gasteiger partial charge on any atom is -0.493 e. The summed E-state index contributed by atoms with van der Waals surface area (Å²) in [5, 5.41) is 0. The van der Waals surface area contributed by atoms with Crippen LogP contribution in [0.4, 0.5) is 0 Å². The molecule has 0 unspecified atom stereocenters. The number of thiocarbonyl (C=S) groups is 1. The van der Waals surface area contributed by atoms with Crippen molar-refractivity contribution in [1.29, 1.82) is 0 Å². The third-order valence-electron chi connectivity index (χ3n) is 3.19. The Morgan fingerprint density at radius 2 is 2.00 bits per heavy atom. The molecule has 106 valence electrons. The molecule has 1 aromatic carbocycles. The Kier molecular flexibility index (Phi) is 5.60. The van der Waals surface area contributed by atoms with Crippen molar-refractivity contribution < 1.29 is 9.47 Å². The average molecular weight is 281 g/mol. The van der Waals surface area contributed by atoms with Crippen molar-refractivity contribution in [2.75, 3.05) is 13.7 Å². The lowest BCUT2D eigenvalue weighted by molar-refractivity contribution is 0.272. The number of benzene rings is 1. The molecule has 1 aromatic rings. The highest BCUT2D eigenvalue weighted by molar-refractivity contribution is 7.80. The Bertz CT molecular complexity index is 444. The molecule has 0 fully saturated rings. The number of hydrogen-bond acceptors (Lipinski definition) is 3. The highest BCUT2D eigenvalue weighted by Crippen LogP contribution is 2.28. The third-order valence-corrected chi connectivity index (χ3v) is 3.74. The number of rotatable bonds is 7. The lowest BCUT2D eigenvalue weighted by Gasteiger charge is -2.22. The van der Waals surface area contributed by atoms with E-state index < -0.39 is 0 Å². The summed E-state index contributed by atoms with van der Waals surface area (Å²) in [7, 11) is 1.65. The van der Waals surface area contributed by atoms with Crippen LogP contribution in [-0.4, -0.2) is 18.7 Å². The van der Waals surface area contributed by atoms with Gasteiger partial charge in [-0.3, -0.25) is 0 Å². The number of nitrogens with two attached hydrogens (primary N) is 1. The zero-order valence-electron chi connectivity index (χ0n) is 12.2. The largest absolute Gasteiger partial charge is 0.493 e. The maximum atomic E-state index is 5.75. The quantitative estimate of drug-likeness (QED) is 0.614. The topological polar surface area (TPSA) is 44.5 Å². The molecule has 0 bridgehead atoms. The first-order chi connectivity index (χ1) is 8.86. The van der Waals surface area contributed by atoms with E-state index in [9.17, 15) is 0 Å². The Morgan fingerprint density at radius 3 is 2.58 bits per heavy atom. The van der Waals surface area contributed by atoms with E-state index in [2.05, 4.69) is 13.8 Å². The molecule has 0 heterocycles. The Hall–Kier alpha value is -1.29. The molecule has 19 heavy (non-hydrogen) atoms. The van der Waals surface area contributed by atoms with E-state index in [0.717, 1.165) is 29.9 Å². The van der Waals surface area contributed by atoms with Crippen molar-refractivity contribution in [1.82, 2.24) is 0 Å². The van der Waals surface area contributed by atoms with E-state index in [-0.39, 0.29) is 5.41 Å². The molecule has 0 aliphatic heterocycles. The number of methoxy groups -OCH3 is 1. The molecule has 0 saturated carbocycles. The van der Waals surface area contributed by atoms with Crippen LogP contribution in [0.2, 0.25) is 0 Å². The molecule has 0 atom stereocenters. The number of ether oxygens (including phenoxy) is 2. The van der Waals surface area contributed by atoms with Gasteiger partial charge in [0.05, 0.1) is 18.7 Å². The van der Waals surface area contributed by atoms with E-state index >= 15 is 0 Å². The number of hydrogen-bond donors (Lipinski definition) is 1. The maximum Gasteiger partial charge on any atom is 0.161 e. The Morgan fingerprint density at radius 1 is 1.32 bits per heavy atom. The van der Waals surface area contributed by atoms with Crippen LogP contribution in [0.5, 0.6) is 11.5 Å². The molecular formula is C15H23NO2S. The number of aryl methyl sites for hydroxylation is 1. The minimum atomic E-state index is -0.115. The van der Waals surface area contributed by atoms with Gasteiger partial charge in [0.2, 0.25) is 0 Å². The van der Waals surface area contributed by atoms with Crippen LogP contribution in [0.15, 0.2) is 18.2 Å². The second-order valence-electron chi connectivity index (χ2n) is 5.35. The predicted octanol–water partition coefficient (Wildman–Crippen LogP) is 3.47. The summed E-state index contributed by atoms with van der Waals surface area (Å²) in [6.07, 6.45) is 1.82. The molecule has 0 saturated heterocycles. The van der Waals surface area contributed by atoms with E-state index in [1.165, 1.54) is 0 Å². The van der Waals surface area contributed by atoms with Crippen molar-refractivity contribution in [2.45, 2.75) is 33.6 Å². The van der Waals surface area contributed by atoms with Crippen molar-refractivity contribution in [3.05, 3.63) is 23.8 Å². The summed E-state index contributed by atoms with van der Waals surface area (Å²) >= 11 is 5.05. The van der Waals surface area contributed by atoms with Gasteiger partial charge in [-0.05, 0) is 37.5 Å². The van der Waals surface area contributed by atoms with Gasteiger partial charge in [-0.1, -0.05) is 32.1 Å². The summed E-state index contributed by atoms with van der Waals surface area (Å²) in [6.45, 7) is 6.77. The highest BCUT2D eigenvalue weighted by Gasteiger charge is 2.20. The fraction of sp³-hybridized carbons (Fsp3) is 0.533. The first-order valence-corrected chi connectivity index (χ1v) is 6.85. The molecule has 0 aromatic heterocycles. The summed E-state index contributed by atoms with van der Waals surface area (Å²) < 4.78 is 11.0. The fourth-order valence-corrected chi connectivity index (χ4v) is 1.82. The van der Waals surface area contributed by atoms with Crippen molar-refractivity contribution in [2.24, 2.45) is 11.1 Å². The Balaban J connectivity index is 2.48. The second-order valence-corrected chi connectivity index (χ2v) is 5.79. The molecular weight excluding hydrogens is 258 g/mol. The van der Waals surface area contributed by atoms with Gasteiger partial charge in [-0.15, -0.1) is 0 Å². The summed E-state index contributed by atoms with van der Waals surface area (Å²) in [6, 6.07) is 5.91. The van der Waals surface area contributed by atoms with E-state index in [1.807, 2.05) is 25.1 Å². The van der Waals surface area contributed by atoms with Crippen molar-refractivity contribution in [3.8, 4) is 11.5 Å². The molecule has 0 aliphatic carbocycles. The van der Waals surface area contributed by atoms with Gasteiger partial charge in [-0.2, -0.15) is 0 Å². The zero-order valence-corrected chi connectivity index (χ0v) is 13.0. The van der Waals surface area contributed by atoms with Gasteiger partial charge in [0.1, 0.15) is 0 Å². The van der Waals surface area contributed by atoms with Gasteiger partial charge >= 0.3 is 0 Å². The summed E-state index contributed by atoms with van der Waals surface area (Å²) in [5.41, 5.74) is 6.73. The summed E-state index contributed by atoms with van der Waals surface area (Å²) in [4.78, 5) is 0.556. The normalized spacial score (nSPS) is 11.2. The SMILES string of the molecule is COc1cc(C)ccc1OCCCC(C)(C)C(N)=S. The van der Waals surface area contributed by atoms with Gasteiger partial charge in [0, 0.05) is 5.41 Å². The monoisotopic (exact) mass is 281 g/mol. The molecule has 0 radical (unpaired) electrons. The van der Waals surface area contributed by atoms with Crippen LogP contribution in [-0.2, 0) is 0 Å². The molecule has 0 spiro atoms. The van der Waals surface area contributed by atoms with Crippen molar-refractivity contribution in [3.63, 3.8) is 0 Å². The van der Waals surface area contributed by atoms with E-state index in [4.69, 9.17) is 27.4 Å². The first-order valence-electron chi connectivity index (χ1n) is 6.44. The van der Waals surface area contributed by atoms with Gasteiger partial charge in [0.25, 0.3) is 0 Å². The standard InChI is InChI=1S/C15H23NO2S/c1-11-6-7-12(13(10-11)17-4)18-9-5-8-15(2,3)14(16)19/h6-7,10H,5,8-9H2,1-4H3,(H2,16,19). The lowest BCUT2D eigenvalue weighted by Crippen LogP contribution is -2.30. The molecule has 0 amide bonds. The second kappa shape index (κ2) is 6.75. The average Bonchev–Trinajstić information content (AvgIpc) is 2.35. The zero-order chi connectivity index (χ0) is 14.5. The van der Waals surface area contributed by atoms with Crippen LogP contribution in [0.1, 0.15) is 32.3 Å². The van der Waals surface area contributed by atoms with Crippen LogP contribution in [0.25, 0.3) is 0 Å². The predicted molar refractivity (Wildman–Crippen MR) is 83.0 cm³/mol. The molecule has 4 heteroatoms. The van der Waals surface area contributed by atoms with Gasteiger partial charge in [0.15, 0.2) is 11.5 Å². The van der Waals surface area contributed by atoms with Gasteiger partial charge < -0.3 is 15.2 Å². The molecule has 2 N–H and O–H groups in total. The summed E-state index contributed by atoms with van der Waals surface area (Å²) in [5.74, 6) is 1.55. The molecule has 1 rings (SSSR count). The fourth-order valence-electron chi connectivity index (χ4n) is 1.71. The molecule has 3 nitrogen and oxygen atoms in total. The highest BCUT2D eigenvalue weighted by atomic mass is 32.1. The van der Waals surface area contributed by atoms with Crippen LogP contribution < -0.4 is 15.2 Å². The minimum absolute atomic E-state index is 0.115. The first kappa shape index (κ1) is 15.8. The van der Waals surface area contributed by atoms with E-state index in [0.29, 0.717) is 11.6 Å².